The highest BCUT2D eigenvalue weighted by Crippen LogP contribution is 2.35. The molecule has 1 fully saturated rings. The lowest BCUT2D eigenvalue weighted by Gasteiger charge is -2.37. The molecular weight excluding hydrogens is 572 g/mol. The lowest BCUT2D eigenvalue weighted by atomic mass is 9.78. The molecule has 43 heavy (non-hydrogen) atoms. The number of methoxy groups -OCH3 is 1. The van der Waals surface area contributed by atoms with Crippen molar-refractivity contribution < 1.29 is 37.3 Å². The second kappa shape index (κ2) is 14.4. The zero-order chi connectivity index (χ0) is 31.9. The van der Waals surface area contributed by atoms with Crippen LogP contribution in [0.5, 0.6) is 5.75 Å². The van der Waals surface area contributed by atoms with Gasteiger partial charge in [-0.05, 0) is 82.2 Å². The van der Waals surface area contributed by atoms with Crippen molar-refractivity contribution in [3.05, 3.63) is 60.2 Å². The molecule has 3 atom stereocenters. The fourth-order valence-electron chi connectivity index (χ4n) is 5.08. The molecule has 0 radical (unpaired) electrons. The van der Waals surface area contributed by atoms with E-state index in [0.717, 1.165) is 5.56 Å². The first-order valence-corrected chi connectivity index (χ1v) is 16.2. The molecule has 240 valence electrons. The van der Waals surface area contributed by atoms with E-state index >= 15 is 0 Å². The molecular formula is C32H48N2O8S. The average molecular weight is 621 g/mol. The Labute approximate surface area is 256 Å². The molecule has 2 aromatic carbocycles. The van der Waals surface area contributed by atoms with Gasteiger partial charge in [-0.3, -0.25) is 0 Å². The molecule has 0 spiro atoms. The number of hydrogen-bond acceptors (Lipinski definition) is 8. The number of benzene rings is 2. The minimum atomic E-state index is -4.07. The van der Waals surface area contributed by atoms with Gasteiger partial charge in [-0.25, -0.2) is 17.9 Å². The van der Waals surface area contributed by atoms with Gasteiger partial charge in [-0.1, -0.05) is 44.2 Å². The number of carbonyl (C=O) groups is 1. The van der Waals surface area contributed by atoms with E-state index in [1.807, 2.05) is 51.1 Å². The van der Waals surface area contributed by atoms with Crippen LogP contribution in [-0.4, -0.2) is 69.5 Å². The Morgan fingerprint density at radius 2 is 1.60 bits per heavy atom. The highest BCUT2D eigenvalue weighted by atomic mass is 32.2. The van der Waals surface area contributed by atoms with E-state index in [2.05, 4.69) is 10.0 Å². The van der Waals surface area contributed by atoms with Crippen LogP contribution in [0.2, 0.25) is 0 Å². The molecule has 3 N–H and O–H groups in total. The summed E-state index contributed by atoms with van der Waals surface area (Å²) in [6.45, 7) is 12.2. The summed E-state index contributed by atoms with van der Waals surface area (Å²) in [5.74, 6) is -0.187. The van der Waals surface area contributed by atoms with E-state index in [4.69, 9.17) is 18.9 Å². The van der Waals surface area contributed by atoms with Gasteiger partial charge >= 0.3 is 6.09 Å². The Kier molecular flexibility index (Phi) is 11.6. The third-order valence-electron chi connectivity index (χ3n) is 7.43. The molecule has 11 heteroatoms. The molecule has 1 saturated heterocycles. The predicted molar refractivity (Wildman–Crippen MR) is 164 cm³/mol. The van der Waals surface area contributed by atoms with Crippen molar-refractivity contribution in [1.82, 2.24) is 10.0 Å². The summed E-state index contributed by atoms with van der Waals surface area (Å²) in [4.78, 5) is 12.9. The maximum absolute atomic E-state index is 13.6. The van der Waals surface area contributed by atoms with Crippen molar-refractivity contribution in [2.45, 2.75) is 102 Å². The van der Waals surface area contributed by atoms with Crippen LogP contribution in [0.15, 0.2) is 59.5 Å². The van der Waals surface area contributed by atoms with Crippen molar-refractivity contribution in [1.29, 1.82) is 0 Å². The van der Waals surface area contributed by atoms with E-state index in [1.54, 1.807) is 32.9 Å². The van der Waals surface area contributed by atoms with E-state index in [-0.39, 0.29) is 17.7 Å². The standard InChI is InChI=1S/C32H48N2O8S/c1-30(2,3)42-29(36)33-26(21-23-11-9-8-10-12-23)28(35)27(22-31(4,5)17-18-32(6)40-19-20-41-32)34-43(37,38)25-15-13-24(39-7)14-16-25/h8-16,26-28,34-35H,17-22H2,1-7H3,(H,33,36)/t26-,27?,28+/m0/s1. The molecule has 1 heterocycles. The van der Waals surface area contributed by atoms with Crippen molar-refractivity contribution in [3.63, 3.8) is 0 Å². The normalized spacial score (nSPS) is 17.6. The first kappa shape index (κ1) is 34.8. The minimum absolute atomic E-state index is 0.0308. The zero-order valence-corrected chi connectivity index (χ0v) is 27.2. The highest BCUT2D eigenvalue weighted by molar-refractivity contribution is 7.89. The average Bonchev–Trinajstić information content (AvgIpc) is 3.37. The summed E-state index contributed by atoms with van der Waals surface area (Å²) >= 11 is 0. The van der Waals surface area contributed by atoms with Crippen molar-refractivity contribution in [3.8, 4) is 5.75 Å². The zero-order valence-electron chi connectivity index (χ0n) is 26.4. The van der Waals surface area contributed by atoms with Gasteiger partial charge in [-0.2, -0.15) is 0 Å². The quantitative estimate of drug-likeness (QED) is 0.275. The molecule has 0 aromatic heterocycles. The summed E-state index contributed by atoms with van der Waals surface area (Å²) in [5, 5.41) is 14.7. The topological polar surface area (TPSA) is 132 Å². The molecule has 0 saturated carbocycles. The minimum Gasteiger partial charge on any atom is -0.497 e. The highest BCUT2D eigenvalue weighted by Gasteiger charge is 2.39. The Morgan fingerprint density at radius 1 is 1.00 bits per heavy atom. The van der Waals surface area contributed by atoms with Crippen LogP contribution in [0, 0.1) is 5.41 Å². The van der Waals surface area contributed by atoms with Crippen molar-refractivity contribution >= 4 is 16.1 Å². The molecule has 0 aliphatic carbocycles. The maximum atomic E-state index is 13.6. The van der Waals surface area contributed by atoms with Gasteiger partial charge in [0.05, 0.1) is 43.4 Å². The number of ether oxygens (including phenoxy) is 4. The van der Waals surface area contributed by atoms with Gasteiger partial charge < -0.3 is 29.4 Å². The molecule has 1 aliphatic heterocycles. The molecule has 1 amide bonds. The second-order valence-electron chi connectivity index (χ2n) is 13.0. The van der Waals surface area contributed by atoms with Crippen LogP contribution < -0.4 is 14.8 Å². The van der Waals surface area contributed by atoms with Crippen LogP contribution in [0.25, 0.3) is 0 Å². The van der Waals surface area contributed by atoms with Gasteiger partial charge in [0.1, 0.15) is 11.4 Å². The number of alkyl carbamates (subject to hydrolysis) is 1. The number of rotatable bonds is 14. The van der Waals surface area contributed by atoms with Crippen LogP contribution >= 0.6 is 0 Å². The Morgan fingerprint density at radius 3 is 2.16 bits per heavy atom. The summed E-state index contributed by atoms with van der Waals surface area (Å²) in [6, 6.07) is 13.6. The van der Waals surface area contributed by atoms with E-state index in [1.165, 1.54) is 19.2 Å². The first-order chi connectivity index (χ1) is 20.0. The Hall–Kier alpha value is -2.70. The fourth-order valence-corrected chi connectivity index (χ4v) is 6.33. The number of amides is 1. The third-order valence-corrected chi connectivity index (χ3v) is 8.93. The fraction of sp³-hybridized carbons (Fsp3) is 0.594. The number of hydrogen-bond donors (Lipinski definition) is 3. The SMILES string of the molecule is COc1ccc(S(=O)(=O)NC(CC(C)(C)CCC2(C)OCCO2)[C@H](O)[C@H](Cc2ccccc2)NC(=O)OC(C)(C)C)cc1. The Balaban J connectivity index is 1.93. The van der Waals surface area contributed by atoms with Crippen LogP contribution in [0.1, 0.15) is 66.4 Å². The van der Waals surface area contributed by atoms with Gasteiger partial charge in [0.15, 0.2) is 5.79 Å². The summed E-state index contributed by atoms with van der Waals surface area (Å²) in [6.07, 6.45) is -0.262. The lowest BCUT2D eigenvalue weighted by Crippen LogP contribution is -2.56. The van der Waals surface area contributed by atoms with Crippen LogP contribution in [0.3, 0.4) is 0 Å². The molecule has 1 unspecified atom stereocenters. The summed E-state index contributed by atoms with van der Waals surface area (Å²) in [5.41, 5.74) is -0.346. The predicted octanol–water partition coefficient (Wildman–Crippen LogP) is 4.80. The molecule has 2 aromatic rings. The molecule has 3 rings (SSSR count). The largest absolute Gasteiger partial charge is 0.497 e. The van der Waals surface area contributed by atoms with Crippen molar-refractivity contribution in [2.75, 3.05) is 20.3 Å². The summed E-state index contributed by atoms with van der Waals surface area (Å²) in [7, 11) is -2.56. The number of nitrogens with one attached hydrogen (secondary N) is 2. The van der Waals surface area contributed by atoms with Gasteiger partial charge in [0.25, 0.3) is 0 Å². The lowest BCUT2D eigenvalue weighted by molar-refractivity contribution is -0.151. The number of aliphatic hydroxyl groups excluding tert-OH is 1. The van der Waals surface area contributed by atoms with E-state index in [9.17, 15) is 18.3 Å². The smallest absolute Gasteiger partial charge is 0.407 e. The second-order valence-corrected chi connectivity index (χ2v) is 14.7. The monoisotopic (exact) mass is 620 g/mol. The van der Waals surface area contributed by atoms with Gasteiger partial charge in [-0.15, -0.1) is 0 Å². The number of sulfonamides is 1. The number of carbonyl (C=O) groups excluding carboxylic acids is 1. The van der Waals surface area contributed by atoms with E-state index < -0.39 is 51.1 Å². The first-order valence-electron chi connectivity index (χ1n) is 14.7. The van der Waals surface area contributed by atoms with Crippen LogP contribution in [0.4, 0.5) is 4.79 Å². The molecule has 10 nitrogen and oxygen atoms in total. The number of aliphatic hydroxyl groups is 1. The molecule has 1 aliphatic rings. The third kappa shape index (κ3) is 11.1. The van der Waals surface area contributed by atoms with Gasteiger partial charge in [0, 0.05) is 6.42 Å². The van der Waals surface area contributed by atoms with Crippen molar-refractivity contribution in [2.24, 2.45) is 5.41 Å². The van der Waals surface area contributed by atoms with Gasteiger partial charge in [0.2, 0.25) is 10.0 Å². The Bertz CT molecular complexity index is 1270. The summed E-state index contributed by atoms with van der Waals surface area (Å²) < 4.78 is 52.2. The van der Waals surface area contributed by atoms with Crippen LogP contribution in [-0.2, 0) is 30.7 Å². The maximum Gasteiger partial charge on any atom is 0.407 e. The van der Waals surface area contributed by atoms with E-state index in [0.29, 0.717) is 31.8 Å². The molecule has 0 bridgehead atoms.